The number of hydrogen-bond acceptors (Lipinski definition) is 4. The van der Waals surface area contributed by atoms with Crippen LogP contribution in [0.15, 0.2) is 88.7 Å². The first kappa shape index (κ1) is 19.7. The van der Waals surface area contributed by atoms with Gasteiger partial charge in [-0.2, -0.15) is 0 Å². The molecule has 0 saturated heterocycles. The molecule has 0 aliphatic rings. The summed E-state index contributed by atoms with van der Waals surface area (Å²) >= 11 is 1.75. The van der Waals surface area contributed by atoms with Gasteiger partial charge in [-0.05, 0) is 41.0 Å². The van der Waals surface area contributed by atoms with Crippen LogP contribution in [0.3, 0.4) is 0 Å². The molecule has 3 nitrogen and oxygen atoms in total. The van der Waals surface area contributed by atoms with E-state index >= 15 is 0 Å². The molecule has 5 heteroatoms. The normalized spacial score (nSPS) is 11.4. The van der Waals surface area contributed by atoms with Crippen molar-refractivity contribution in [3.8, 4) is 0 Å². The van der Waals surface area contributed by atoms with Crippen molar-refractivity contribution >= 4 is 21.6 Å². The minimum absolute atomic E-state index is 0.0847. The van der Waals surface area contributed by atoms with E-state index in [1.807, 2.05) is 42.5 Å². The molecule has 3 rings (SSSR count). The van der Waals surface area contributed by atoms with Crippen LogP contribution in [-0.2, 0) is 28.7 Å². The highest BCUT2D eigenvalue weighted by molar-refractivity contribution is 7.99. The Morgan fingerprint density at radius 3 is 2.07 bits per heavy atom. The summed E-state index contributed by atoms with van der Waals surface area (Å²) in [6.45, 7) is 1.48. The Labute approximate surface area is 165 Å². The fourth-order valence-corrected chi connectivity index (χ4v) is 4.41. The zero-order valence-electron chi connectivity index (χ0n) is 15.3. The first-order chi connectivity index (χ1) is 13.0. The molecule has 0 bridgehead atoms. The summed E-state index contributed by atoms with van der Waals surface area (Å²) in [5, 5.41) is 3.42. The number of benzene rings is 3. The van der Waals surface area contributed by atoms with Crippen molar-refractivity contribution in [1.29, 1.82) is 0 Å². The predicted molar refractivity (Wildman–Crippen MR) is 113 cm³/mol. The summed E-state index contributed by atoms with van der Waals surface area (Å²) in [4.78, 5) is 2.45. The van der Waals surface area contributed by atoms with Gasteiger partial charge in [0.25, 0.3) is 0 Å². The third kappa shape index (κ3) is 6.86. The topological polar surface area (TPSA) is 46.2 Å². The van der Waals surface area contributed by atoms with Crippen LogP contribution in [0.2, 0.25) is 0 Å². The summed E-state index contributed by atoms with van der Waals surface area (Å²) in [6.07, 6.45) is 1.26. The lowest BCUT2D eigenvalue weighted by Crippen LogP contribution is -2.13. The van der Waals surface area contributed by atoms with E-state index in [9.17, 15) is 8.42 Å². The van der Waals surface area contributed by atoms with Crippen LogP contribution in [0.1, 0.15) is 16.7 Å². The van der Waals surface area contributed by atoms with Crippen LogP contribution in [0.25, 0.3) is 0 Å². The summed E-state index contributed by atoms with van der Waals surface area (Å²) in [7, 11) is -3.01. The molecule has 0 spiro atoms. The zero-order chi connectivity index (χ0) is 19.1. The van der Waals surface area contributed by atoms with Gasteiger partial charge < -0.3 is 5.32 Å². The molecular formula is C22H23NO2S2. The molecule has 0 unspecified atom stereocenters. The fraction of sp³-hybridized carbons (Fsp3) is 0.182. The molecule has 0 atom stereocenters. The van der Waals surface area contributed by atoms with Gasteiger partial charge in [-0.25, -0.2) is 8.42 Å². The van der Waals surface area contributed by atoms with Crippen LogP contribution >= 0.6 is 11.8 Å². The standard InChI is InChI=1S/C22H23NO2S2/c1-27(24,25)17-20-7-5-6-19(14-20)16-23-15-18-10-12-22(13-11-18)26-21-8-3-2-4-9-21/h2-14,23H,15-17H2,1H3. The first-order valence-corrected chi connectivity index (χ1v) is 11.6. The summed E-state index contributed by atoms with van der Waals surface area (Å²) < 4.78 is 22.9. The van der Waals surface area contributed by atoms with Gasteiger partial charge in [0.2, 0.25) is 0 Å². The number of rotatable bonds is 8. The van der Waals surface area contributed by atoms with E-state index in [-0.39, 0.29) is 5.75 Å². The Morgan fingerprint density at radius 2 is 1.37 bits per heavy atom. The Bertz CT molecular complexity index is 969. The lowest BCUT2D eigenvalue weighted by Gasteiger charge is -2.08. The molecule has 140 valence electrons. The molecule has 1 N–H and O–H groups in total. The Hall–Kier alpha value is -2.08. The van der Waals surface area contributed by atoms with Gasteiger partial charge in [0.1, 0.15) is 0 Å². The van der Waals surface area contributed by atoms with E-state index in [0.29, 0.717) is 6.54 Å². The van der Waals surface area contributed by atoms with Gasteiger partial charge in [-0.3, -0.25) is 0 Å². The van der Waals surface area contributed by atoms with Gasteiger partial charge in [0, 0.05) is 29.1 Å². The molecule has 0 fully saturated rings. The van der Waals surface area contributed by atoms with E-state index < -0.39 is 9.84 Å². The highest BCUT2D eigenvalue weighted by Crippen LogP contribution is 2.27. The smallest absolute Gasteiger partial charge is 0.151 e. The second-order valence-electron chi connectivity index (χ2n) is 6.55. The molecular weight excluding hydrogens is 374 g/mol. The summed E-state index contributed by atoms with van der Waals surface area (Å²) in [5.74, 6) is 0.0847. The third-order valence-corrected chi connectivity index (χ3v) is 5.85. The average Bonchev–Trinajstić information content (AvgIpc) is 2.63. The lowest BCUT2D eigenvalue weighted by molar-refractivity contribution is 0.601. The summed E-state index contributed by atoms with van der Waals surface area (Å²) in [6, 6.07) is 26.6. The molecule has 0 aliphatic carbocycles. The predicted octanol–water partition coefficient (Wildman–Crippen LogP) is 4.67. The second kappa shape index (κ2) is 9.22. The van der Waals surface area contributed by atoms with E-state index in [0.717, 1.165) is 17.7 Å². The van der Waals surface area contributed by atoms with Crippen molar-refractivity contribution in [1.82, 2.24) is 5.32 Å². The Morgan fingerprint density at radius 1 is 0.741 bits per heavy atom. The van der Waals surface area contributed by atoms with Gasteiger partial charge in [-0.15, -0.1) is 0 Å². The van der Waals surface area contributed by atoms with Crippen molar-refractivity contribution in [2.45, 2.75) is 28.6 Å². The number of sulfone groups is 1. The van der Waals surface area contributed by atoms with E-state index in [2.05, 4.69) is 41.7 Å². The first-order valence-electron chi connectivity index (χ1n) is 8.76. The minimum atomic E-state index is -3.01. The highest BCUT2D eigenvalue weighted by Gasteiger charge is 2.05. The molecule has 3 aromatic carbocycles. The molecule has 0 saturated carbocycles. The van der Waals surface area contributed by atoms with E-state index in [1.54, 1.807) is 11.8 Å². The molecule has 0 aliphatic heterocycles. The molecule has 0 aromatic heterocycles. The Balaban J connectivity index is 1.51. The van der Waals surface area contributed by atoms with Gasteiger partial charge >= 0.3 is 0 Å². The Kier molecular flexibility index (Phi) is 6.72. The van der Waals surface area contributed by atoms with Gasteiger partial charge in [0.15, 0.2) is 9.84 Å². The molecule has 0 radical (unpaired) electrons. The largest absolute Gasteiger partial charge is 0.309 e. The minimum Gasteiger partial charge on any atom is -0.309 e. The molecule has 0 amide bonds. The van der Waals surface area contributed by atoms with Crippen LogP contribution < -0.4 is 5.32 Å². The van der Waals surface area contributed by atoms with Crippen LogP contribution in [0, 0.1) is 0 Å². The van der Waals surface area contributed by atoms with Crippen molar-refractivity contribution in [3.05, 3.63) is 95.6 Å². The van der Waals surface area contributed by atoms with Crippen molar-refractivity contribution in [2.24, 2.45) is 0 Å². The number of nitrogens with one attached hydrogen (secondary N) is 1. The molecule has 3 aromatic rings. The zero-order valence-corrected chi connectivity index (χ0v) is 16.9. The van der Waals surface area contributed by atoms with Gasteiger partial charge in [0.05, 0.1) is 5.75 Å². The quantitative estimate of drug-likeness (QED) is 0.600. The second-order valence-corrected chi connectivity index (χ2v) is 9.84. The van der Waals surface area contributed by atoms with Crippen molar-refractivity contribution in [2.75, 3.05) is 6.26 Å². The van der Waals surface area contributed by atoms with Crippen molar-refractivity contribution in [3.63, 3.8) is 0 Å². The maximum Gasteiger partial charge on any atom is 0.151 e. The SMILES string of the molecule is CS(=O)(=O)Cc1cccc(CNCc2ccc(Sc3ccccc3)cc2)c1. The highest BCUT2D eigenvalue weighted by atomic mass is 32.2. The molecule has 27 heavy (non-hydrogen) atoms. The van der Waals surface area contributed by atoms with E-state index in [1.165, 1.54) is 21.6 Å². The van der Waals surface area contributed by atoms with E-state index in [4.69, 9.17) is 0 Å². The average molecular weight is 398 g/mol. The summed E-state index contributed by atoms with van der Waals surface area (Å²) in [5.41, 5.74) is 3.14. The monoisotopic (exact) mass is 397 g/mol. The number of hydrogen-bond donors (Lipinski definition) is 1. The third-order valence-electron chi connectivity index (χ3n) is 3.98. The maximum absolute atomic E-state index is 11.4. The van der Waals surface area contributed by atoms with Crippen LogP contribution in [-0.4, -0.2) is 14.7 Å². The lowest BCUT2D eigenvalue weighted by atomic mass is 10.1. The van der Waals surface area contributed by atoms with Gasteiger partial charge in [-0.1, -0.05) is 66.4 Å². The fourth-order valence-electron chi connectivity index (χ4n) is 2.78. The molecule has 0 heterocycles. The van der Waals surface area contributed by atoms with Crippen LogP contribution in [0.5, 0.6) is 0 Å². The van der Waals surface area contributed by atoms with Crippen LogP contribution in [0.4, 0.5) is 0 Å². The maximum atomic E-state index is 11.4. The van der Waals surface area contributed by atoms with Crippen molar-refractivity contribution < 1.29 is 8.42 Å².